The van der Waals surface area contributed by atoms with Gasteiger partial charge in [-0.2, -0.15) is 5.10 Å². The Morgan fingerprint density at radius 3 is 3.07 bits per heavy atom. The number of hydrogen-bond donors (Lipinski definition) is 1. The maximum absolute atomic E-state index is 5.68. The van der Waals surface area contributed by atoms with Gasteiger partial charge in [-0.3, -0.25) is 0 Å². The Bertz CT molecular complexity index is 302. The van der Waals surface area contributed by atoms with Crippen LogP contribution in [0.4, 0.5) is 5.82 Å². The summed E-state index contributed by atoms with van der Waals surface area (Å²) >= 11 is 0. The summed E-state index contributed by atoms with van der Waals surface area (Å²) in [4.78, 5) is 0. The molecule has 1 fully saturated rings. The van der Waals surface area contributed by atoms with Crippen molar-refractivity contribution in [2.45, 2.75) is 32.4 Å². The van der Waals surface area contributed by atoms with Crippen LogP contribution in [0.15, 0.2) is 6.20 Å². The van der Waals surface area contributed by atoms with Gasteiger partial charge in [0.05, 0.1) is 6.20 Å². The van der Waals surface area contributed by atoms with Crippen molar-refractivity contribution >= 4 is 5.82 Å². The Morgan fingerprint density at radius 2 is 2.43 bits per heavy atom. The van der Waals surface area contributed by atoms with Crippen LogP contribution in [0.3, 0.4) is 0 Å². The molecule has 1 N–H and O–H groups in total. The first kappa shape index (κ1) is 9.52. The zero-order chi connectivity index (χ0) is 9.97. The molecule has 1 aromatic heterocycles. The number of nitrogens with one attached hydrogen (secondary N) is 1. The summed E-state index contributed by atoms with van der Waals surface area (Å²) in [5, 5.41) is 7.50. The lowest BCUT2D eigenvalue weighted by Crippen LogP contribution is -2.20. The third kappa shape index (κ3) is 1.62. The lowest BCUT2D eigenvalue weighted by Gasteiger charge is -2.24. The highest BCUT2D eigenvalue weighted by molar-refractivity contribution is 5.42. The van der Waals surface area contributed by atoms with E-state index in [-0.39, 0.29) is 6.23 Å². The van der Waals surface area contributed by atoms with Crippen LogP contribution in [-0.2, 0) is 4.74 Å². The van der Waals surface area contributed by atoms with E-state index >= 15 is 0 Å². The van der Waals surface area contributed by atoms with Crippen molar-refractivity contribution in [3.05, 3.63) is 11.8 Å². The maximum atomic E-state index is 5.68. The van der Waals surface area contributed by atoms with Gasteiger partial charge in [0.25, 0.3) is 0 Å². The summed E-state index contributed by atoms with van der Waals surface area (Å²) in [6.45, 7) is 2.91. The molecule has 0 aromatic carbocycles. The fraction of sp³-hybridized carbons (Fsp3) is 0.700. The SMILES string of the molecule is CNc1c(C)cnn1C1CCCCO1. The Morgan fingerprint density at radius 1 is 1.57 bits per heavy atom. The second-order valence-electron chi connectivity index (χ2n) is 3.69. The van der Waals surface area contributed by atoms with Gasteiger partial charge in [-0.05, 0) is 26.2 Å². The second kappa shape index (κ2) is 4.00. The number of nitrogens with zero attached hydrogens (tertiary/aromatic N) is 2. The van der Waals surface area contributed by atoms with Gasteiger partial charge >= 0.3 is 0 Å². The average Bonchev–Trinajstić information content (AvgIpc) is 2.61. The van der Waals surface area contributed by atoms with Gasteiger partial charge in [-0.25, -0.2) is 4.68 Å². The summed E-state index contributed by atoms with van der Waals surface area (Å²) in [7, 11) is 1.92. The van der Waals surface area contributed by atoms with Gasteiger partial charge < -0.3 is 10.1 Å². The van der Waals surface area contributed by atoms with E-state index in [4.69, 9.17) is 4.74 Å². The monoisotopic (exact) mass is 195 g/mol. The van der Waals surface area contributed by atoms with Crippen LogP contribution in [0.1, 0.15) is 31.1 Å². The van der Waals surface area contributed by atoms with Crippen LogP contribution in [0.25, 0.3) is 0 Å². The number of anilines is 1. The van der Waals surface area contributed by atoms with Gasteiger partial charge in [-0.1, -0.05) is 0 Å². The van der Waals surface area contributed by atoms with Gasteiger partial charge in [0.2, 0.25) is 0 Å². The highest BCUT2D eigenvalue weighted by atomic mass is 16.5. The molecule has 0 saturated carbocycles. The van der Waals surface area contributed by atoms with Crippen molar-refractivity contribution in [2.24, 2.45) is 0 Å². The first-order chi connectivity index (χ1) is 6.83. The molecule has 1 aliphatic heterocycles. The predicted molar refractivity (Wildman–Crippen MR) is 55.4 cm³/mol. The Kier molecular flexibility index (Phi) is 2.72. The van der Waals surface area contributed by atoms with Crippen molar-refractivity contribution in [3.8, 4) is 0 Å². The number of aryl methyl sites for hydroxylation is 1. The van der Waals surface area contributed by atoms with Crippen molar-refractivity contribution in [2.75, 3.05) is 19.0 Å². The van der Waals surface area contributed by atoms with Crippen molar-refractivity contribution in [1.82, 2.24) is 9.78 Å². The zero-order valence-electron chi connectivity index (χ0n) is 8.79. The molecule has 1 aliphatic rings. The van der Waals surface area contributed by atoms with E-state index < -0.39 is 0 Å². The normalized spacial score (nSPS) is 22.3. The molecule has 0 amide bonds. The average molecular weight is 195 g/mol. The van der Waals surface area contributed by atoms with Crippen LogP contribution < -0.4 is 5.32 Å². The molecule has 2 rings (SSSR count). The van der Waals surface area contributed by atoms with Crippen molar-refractivity contribution < 1.29 is 4.74 Å². The van der Waals surface area contributed by atoms with Gasteiger partial charge in [0.15, 0.2) is 6.23 Å². The summed E-state index contributed by atoms with van der Waals surface area (Å²) in [6.07, 6.45) is 5.47. The van der Waals surface area contributed by atoms with E-state index in [2.05, 4.69) is 17.3 Å². The first-order valence-corrected chi connectivity index (χ1v) is 5.16. The quantitative estimate of drug-likeness (QED) is 0.783. The minimum atomic E-state index is 0.125. The van der Waals surface area contributed by atoms with Crippen LogP contribution >= 0.6 is 0 Å². The fourth-order valence-corrected chi connectivity index (χ4v) is 1.90. The minimum Gasteiger partial charge on any atom is -0.373 e. The number of rotatable bonds is 2. The number of ether oxygens (including phenoxy) is 1. The third-order valence-corrected chi connectivity index (χ3v) is 2.64. The van der Waals surface area contributed by atoms with E-state index in [1.54, 1.807) is 0 Å². The van der Waals surface area contributed by atoms with Crippen LogP contribution in [-0.4, -0.2) is 23.4 Å². The predicted octanol–water partition coefficient (Wildman–Crippen LogP) is 1.93. The molecular formula is C10H17N3O. The highest BCUT2D eigenvalue weighted by Crippen LogP contribution is 2.26. The van der Waals surface area contributed by atoms with Crippen LogP contribution in [0, 0.1) is 6.92 Å². The number of hydrogen-bond acceptors (Lipinski definition) is 3. The highest BCUT2D eigenvalue weighted by Gasteiger charge is 2.19. The van der Waals surface area contributed by atoms with E-state index in [0.717, 1.165) is 18.8 Å². The molecule has 1 atom stereocenters. The Balaban J connectivity index is 2.21. The van der Waals surface area contributed by atoms with Crippen LogP contribution in [0.2, 0.25) is 0 Å². The summed E-state index contributed by atoms with van der Waals surface area (Å²) < 4.78 is 7.63. The largest absolute Gasteiger partial charge is 0.373 e. The second-order valence-corrected chi connectivity index (χ2v) is 3.69. The third-order valence-electron chi connectivity index (χ3n) is 2.64. The molecule has 14 heavy (non-hydrogen) atoms. The lowest BCUT2D eigenvalue weighted by atomic mass is 10.2. The van der Waals surface area contributed by atoms with E-state index in [9.17, 15) is 0 Å². The molecule has 2 heterocycles. The Labute approximate surface area is 84.3 Å². The van der Waals surface area contributed by atoms with E-state index in [1.807, 2.05) is 17.9 Å². The maximum Gasteiger partial charge on any atom is 0.152 e. The van der Waals surface area contributed by atoms with Crippen molar-refractivity contribution in [3.63, 3.8) is 0 Å². The van der Waals surface area contributed by atoms with E-state index in [1.165, 1.54) is 18.4 Å². The molecule has 4 nitrogen and oxygen atoms in total. The molecule has 0 bridgehead atoms. The van der Waals surface area contributed by atoms with Crippen molar-refractivity contribution in [1.29, 1.82) is 0 Å². The molecule has 1 unspecified atom stereocenters. The van der Waals surface area contributed by atoms with Crippen LogP contribution in [0.5, 0.6) is 0 Å². The topological polar surface area (TPSA) is 39.1 Å². The minimum absolute atomic E-state index is 0.125. The molecule has 0 aliphatic carbocycles. The summed E-state index contributed by atoms with van der Waals surface area (Å²) in [6, 6.07) is 0. The van der Waals surface area contributed by atoms with E-state index in [0.29, 0.717) is 0 Å². The Hall–Kier alpha value is -1.03. The molecule has 4 heteroatoms. The number of aromatic nitrogens is 2. The molecule has 0 radical (unpaired) electrons. The van der Waals surface area contributed by atoms with Gasteiger partial charge in [0, 0.05) is 19.2 Å². The lowest BCUT2D eigenvalue weighted by molar-refractivity contribution is -0.0381. The standard InChI is InChI=1S/C10H17N3O/c1-8-7-12-13(10(8)11-2)9-5-3-4-6-14-9/h7,9,11H,3-6H2,1-2H3. The molecule has 0 spiro atoms. The summed E-state index contributed by atoms with van der Waals surface area (Å²) in [5.41, 5.74) is 1.17. The smallest absolute Gasteiger partial charge is 0.152 e. The fourth-order valence-electron chi connectivity index (χ4n) is 1.90. The molecule has 1 aromatic rings. The first-order valence-electron chi connectivity index (χ1n) is 5.16. The molecular weight excluding hydrogens is 178 g/mol. The zero-order valence-corrected chi connectivity index (χ0v) is 8.79. The van der Waals surface area contributed by atoms with Gasteiger partial charge in [-0.15, -0.1) is 0 Å². The summed E-state index contributed by atoms with van der Waals surface area (Å²) in [5.74, 6) is 1.07. The molecule has 78 valence electrons. The van der Waals surface area contributed by atoms with Gasteiger partial charge in [0.1, 0.15) is 5.82 Å². The molecule has 1 saturated heterocycles.